The van der Waals surface area contributed by atoms with Crippen LogP contribution in [-0.4, -0.2) is 52.9 Å². The summed E-state index contributed by atoms with van der Waals surface area (Å²) in [4.78, 5) is 22.5. The third kappa shape index (κ3) is 5.33. The summed E-state index contributed by atoms with van der Waals surface area (Å²) in [5, 5.41) is 0. The summed E-state index contributed by atoms with van der Waals surface area (Å²) >= 11 is 0. The number of carbonyl (C=O) groups is 1. The predicted molar refractivity (Wildman–Crippen MR) is 88.8 cm³/mol. The van der Waals surface area contributed by atoms with E-state index < -0.39 is 5.60 Å². The predicted octanol–water partition coefficient (Wildman–Crippen LogP) is 2.79. The molecule has 24 heavy (non-hydrogen) atoms. The second-order valence-electron chi connectivity index (χ2n) is 6.85. The lowest BCUT2D eigenvalue weighted by atomic mass is 10.0. The van der Waals surface area contributed by atoms with Gasteiger partial charge in [-0.15, -0.1) is 0 Å². The van der Waals surface area contributed by atoms with Crippen molar-refractivity contribution in [3.8, 4) is 5.88 Å². The second-order valence-corrected chi connectivity index (χ2v) is 6.85. The normalized spacial score (nSPS) is 18.3. The zero-order valence-corrected chi connectivity index (χ0v) is 14.9. The van der Waals surface area contributed by atoms with Crippen LogP contribution in [0.4, 0.5) is 4.79 Å². The minimum Gasteiger partial charge on any atom is -0.480 e. The third-order valence-electron chi connectivity index (χ3n) is 3.73. The first-order valence-electron chi connectivity index (χ1n) is 8.32. The fourth-order valence-electron chi connectivity index (χ4n) is 2.65. The van der Waals surface area contributed by atoms with E-state index in [-0.39, 0.29) is 12.1 Å². The number of amides is 1. The Bertz CT molecular complexity index is 545. The zero-order chi connectivity index (χ0) is 17.6. The van der Waals surface area contributed by atoms with Gasteiger partial charge in [0.2, 0.25) is 5.88 Å². The number of hydrogen-bond acceptors (Lipinski definition) is 6. The molecule has 1 aromatic rings. The molecule has 134 valence electrons. The lowest BCUT2D eigenvalue weighted by Crippen LogP contribution is -2.48. The number of ether oxygens (including phenoxy) is 3. The third-order valence-corrected chi connectivity index (χ3v) is 3.73. The Morgan fingerprint density at radius 2 is 2.04 bits per heavy atom. The Hall–Kier alpha value is -1.89. The molecule has 7 heteroatoms. The lowest BCUT2D eigenvalue weighted by Gasteiger charge is -2.36. The summed E-state index contributed by atoms with van der Waals surface area (Å²) < 4.78 is 16.4. The van der Waals surface area contributed by atoms with Gasteiger partial charge in [0.05, 0.1) is 26.4 Å². The molecule has 0 N–H and O–H groups in total. The Morgan fingerprint density at radius 3 is 2.75 bits per heavy atom. The standard InChI is InChI=1S/C17H27N3O4/c1-17(2,3)24-16(21)20-10-6-5-7-13(20)11-23-12-14-15(22-4)19-9-8-18-14/h8-9,13H,5-7,10-12H2,1-4H3/t13-/m1/s1. The van der Waals surface area contributed by atoms with Crippen LogP contribution in [0.1, 0.15) is 45.7 Å². The first kappa shape index (κ1) is 18.4. The number of carbonyl (C=O) groups excluding carboxylic acids is 1. The van der Waals surface area contributed by atoms with E-state index in [0.717, 1.165) is 19.3 Å². The molecule has 0 radical (unpaired) electrons. The van der Waals surface area contributed by atoms with Crippen LogP contribution in [0.3, 0.4) is 0 Å². The minimum absolute atomic E-state index is 0.0243. The van der Waals surface area contributed by atoms with Crippen molar-refractivity contribution in [1.29, 1.82) is 0 Å². The van der Waals surface area contributed by atoms with E-state index in [0.29, 0.717) is 31.3 Å². The quantitative estimate of drug-likeness (QED) is 0.822. The molecule has 0 aliphatic carbocycles. The molecule has 2 rings (SSSR count). The molecular formula is C17H27N3O4. The van der Waals surface area contributed by atoms with E-state index >= 15 is 0 Å². The van der Waals surface area contributed by atoms with Gasteiger partial charge in [0.25, 0.3) is 0 Å². The average molecular weight is 337 g/mol. The maximum absolute atomic E-state index is 12.4. The van der Waals surface area contributed by atoms with Gasteiger partial charge in [0.15, 0.2) is 0 Å². The largest absolute Gasteiger partial charge is 0.480 e. The van der Waals surface area contributed by atoms with Crippen molar-refractivity contribution in [2.75, 3.05) is 20.3 Å². The summed E-state index contributed by atoms with van der Waals surface area (Å²) in [6.07, 6.45) is 5.91. The van der Waals surface area contributed by atoms with Gasteiger partial charge in [-0.2, -0.15) is 0 Å². The maximum atomic E-state index is 12.4. The molecule has 2 heterocycles. The van der Waals surface area contributed by atoms with E-state index in [9.17, 15) is 4.79 Å². The lowest BCUT2D eigenvalue weighted by molar-refractivity contribution is -0.0105. The van der Waals surface area contributed by atoms with Crippen LogP contribution in [-0.2, 0) is 16.1 Å². The van der Waals surface area contributed by atoms with E-state index in [1.165, 1.54) is 0 Å². The molecule has 0 bridgehead atoms. The number of nitrogens with zero attached hydrogens (tertiary/aromatic N) is 3. The molecule has 0 aromatic carbocycles. The van der Waals surface area contributed by atoms with Crippen LogP contribution in [0.25, 0.3) is 0 Å². The van der Waals surface area contributed by atoms with Crippen molar-refractivity contribution in [2.45, 2.75) is 58.3 Å². The minimum atomic E-state index is -0.493. The smallest absolute Gasteiger partial charge is 0.410 e. The van der Waals surface area contributed by atoms with E-state index in [4.69, 9.17) is 14.2 Å². The van der Waals surface area contributed by atoms with Gasteiger partial charge < -0.3 is 19.1 Å². The Balaban J connectivity index is 1.90. The molecule has 0 unspecified atom stereocenters. The molecular weight excluding hydrogens is 310 g/mol. The Kier molecular flexibility index (Phi) is 6.36. The molecule has 1 aromatic heterocycles. The highest BCUT2D eigenvalue weighted by Crippen LogP contribution is 2.21. The molecule has 1 amide bonds. The molecule has 1 aliphatic heterocycles. The van der Waals surface area contributed by atoms with E-state index in [1.54, 1.807) is 24.4 Å². The van der Waals surface area contributed by atoms with Crippen LogP contribution in [0.5, 0.6) is 5.88 Å². The molecule has 7 nitrogen and oxygen atoms in total. The van der Waals surface area contributed by atoms with E-state index in [2.05, 4.69) is 9.97 Å². The van der Waals surface area contributed by atoms with Gasteiger partial charge in [-0.3, -0.25) is 4.98 Å². The Morgan fingerprint density at radius 1 is 1.29 bits per heavy atom. The van der Waals surface area contributed by atoms with Crippen LogP contribution in [0.15, 0.2) is 12.4 Å². The summed E-state index contributed by atoms with van der Waals surface area (Å²) in [6, 6.07) is 0.0243. The van der Waals surface area contributed by atoms with Crippen molar-refractivity contribution in [1.82, 2.24) is 14.9 Å². The van der Waals surface area contributed by atoms with Gasteiger partial charge in [0.1, 0.15) is 11.3 Å². The molecule has 1 aliphatic rings. The zero-order valence-electron chi connectivity index (χ0n) is 14.9. The van der Waals surface area contributed by atoms with Crippen molar-refractivity contribution < 1.29 is 19.0 Å². The van der Waals surface area contributed by atoms with Crippen LogP contribution < -0.4 is 4.74 Å². The van der Waals surface area contributed by atoms with Gasteiger partial charge in [-0.1, -0.05) is 0 Å². The number of methoxy groups -OCH3 is 1. The molecule has 1 atom stereocenters. The van der Waals surface area contributed by atoms with Gasteiger partial charge >= 0.3 is 6.09 Å². The van der Waals surface area contributed by atoms with Crippen LogP contribution in [0.2, 0.25) is 0 Å². The summed E-state index contributed by atoms with van der Waals surface area (Å²) in [7, 11) is 1.55. The van der Waals surface area contributed by atoms with Gasteiger partial charge in [-0.25, -0.2) is 9.78 Å². The number of aromatic nitrogens is 2. The molecule has 1 fully saturated rings. The molecule has 1 saturated heterocycles. The second kappa shape index (κ2) is 8.28. The SMILES string of the molecule is COc1nccnc1COC[C@H]1CCCCN1C(=O)OC(C)(C)C. The maximum Gasteiger partial charge on any atom is 0.410 e. The van der Waals surface area contributed by atoms with Crippen molar-refractivity contribution >= 4 is 6.09 Å². The number of piperidine rings is 1. The topological polar surface area (TPSA) is 73.8 Å². The van der Waals surface area contributed by atoms with E-state index in [1.807, 2.05) is 20.8 Å². The summed E-state index contributed by atoms with van der Waals surface area (Å²) in [6.45, 7) is 7.08. The highest BCUT2D eigenvalue weighted by molar-refractivity contribution is 5.68. The fourth-order valence-corrected chi connectivity index (χ4v) is 2.65. The molecule has 0 spiro atoms. The van der Waals surface area contributed by atoms with Crippen molar-refractivity contribution in [2.24, 2.45) is 0 Å². The van der Waals surface area contributed by atoms with Crippen LogP contribution >= 0.6 is 0 Å². The van der Waals surface area contributed by atoms with Crippen molar-refractivity contribution in [3.63, 3.8) is 0 Å². The first-order valence-corrected chi connectivity index (χ1v) is 8.32. The average Bonchev–Trinajstić information content (AvgIpc) is 2.54. The fraction of sp³-hybridized carbons (Fsp3) is 0.706. The summed E-state index contributed by atoms with van der Waals surface area (Å²) in [5.74, 6) is 0.463. The Labute approximate surface area is 143 Å². The summed E-state index contributed by atoms with van der Waals surface area (Å²) in [5.41, 5.74) is 0.159. The van der Waals surface area contributed by atoms with Gasteiger partial charge in [0, 0.05) is 18.9 Å². The van der Waals surface area contributed by atoms with Gasteiger partial charge in [-0.05, 0) is 40.0 Å². The highest BCUT2D eigenvalue weighted by Gasteiger charge is 2.30. The highest BCUT2D eigenvalue weighted by atomic mass is 16.6. The van der Waals surface area contributed by atoms with Crippen molar-refractivity contribution in [3.05, 3.63) is 18.1 Å². The molecule has 0 saturated carbocycles. The number of hydrogen-bond donors (Lipinski definition) is 0. The number of likely N-dealkylation sites (tertiary alicyclic amines) is 1. The van der Waals surface area contributed by atoms with Crippen LogP contribution in [0, 0.1) is 0 Å². The monoisotopic (exact) mass is 337 g/mol. The number of rotatable bonds is 5. The first-order chi connectivity index (χ1) is 11.4.